The molecule has 1 amide bonds. The van der Waals surface area contributed by atoms with Gasteiger partial charge in [-0.25, -0.2) is 33.5 Å². The molecule has 1 unspecified atom stereocenters. The molecule has 55 heavy (non-hydrogen) atoms. The highest BCUT2D eigenvalue weighted by molar-refractivity contribution is 5.91. The fourth-order valence-electron chi connectivity index (χ4n) is 7.14. The van der Waals surface area contributed by atoms with E-state index in [9.17, 15) is 23.8 Å². The lowest BCUT2D eigenvalue weighted by molar-refractivity contribution is 0.0505. The zero-order chi connectivity index (χ0) is 38.9. The number of aromatic hydroxyl groups is 2. The number of nitrogens with zero attached hydrogens (tertiary/aromatic N) is 5. The average Bonchev–Trinajstić information content (AvgIpc) is 3.79. The molecule has 0 spiro atoms. The largest absolute Gasteiger partial charge is 0.507 e. The van der Waals surface area contributed by atoms with Gasteiger partial charge in [0.15, 0.2) is 11.6 Å². The van der Waals surface area contributed by atoms with Gasteiger partial charge in [0.25, 0.3) is 0 Å². The highest BCUT2D eigenvalue weighted by atomic mass is 19.1. The van der Waals surface area contributed by atoms with Gasteiger partial charge in [0.2, 0.25) is 0 Å². The number of nitrogens with two attached hydrogens (primary N) is 1. The van der Waals surface area contributed by atoms with Crippen LogP contribution in [0.25, 0.3) is 44.6 Å². The third-order valence-corrected chi connectivity index (χ3v) is 9.68. The standard InChI is InChI=1S/C24H26FN3O3.C18H17FN4O/c1-24(2,3)31-23(30)26-16-10-8-14(12-16)21-18-13-15(25)9-11-19(18)27-22(28-21)17-6-4-5-7-20(17)29;19-11-5-6-15-14(9-11)18(23-8-7-12(20)10-23)22-17(21-15)13-3-1-2-4-16(13)24/h4-7,9,11,13-14,16,29H,8,10,12H2,1-3H3,(H,26,30);1-6,9,12,24H,7-8,10,20H2/t14?,16-;12-/m11/s1. The summed E-state index contributed by atoms with van der Waals surface area (Å²) in [5.74, 6) is 1.02. The van der Waals surface area contributed by atoms with Crippen molar-refractivity contribution in [2.45, 2.75) is 70.1 Å². The molecule has 284 valence electrons. The van der Waals surface area contributed by atoms with E-state index >= 15 is 0 Å². The van der Waals surface area contributed by atoms with E-state index in [-0.39, 0.29) is 41.1 Å². The Bertz CT molecular complexity index is 2370. The number of alkyl carbamates (subject to hydrolysis) is 1. The molecular formula is C42H43F2N7O4. The third-order valence-electron chi connectivity index (χ3n) is 9.68. The number of hydrogen-bond donors (Lipinski definition) is 4. The highest BCUT2D eigenvalue weighted by Crippen LogP contribution is 2.39. The molecule has 5 N–H and O–H groups in total. The van der Waals surface area contributed by atoms with Crippen LogP contribution in [-0.2, 0) is 4.74 Å². The minimum atomic E-state index is -0.560. The molecule has 11 nitrogen and oxygen atoms in total. The van der Waals surface area contributed by atoms with Gasteiger partial charge in [0.1, 0.15) is 34.6 Å². The number of halogens is 2. The first-order valence-electron chi connectivity index (χ1n) is 18.3. The Balaban J connectivity index is 0.000000174. The second kappa shape index (κ2) is 15.4. The number of fused-ring (bicyclic) bond motifs is 2. The van der Waals surface area contributed by atoms with Crippen LogP contribution in [0.5, 0.6) is 11.5 Å². The van der Waals surface area contributed by atoms with E-state index in [1.54, 1.807) is 48.5 Å². The van der Waals surface area contributed by atoms with Gasteiger partial charge in [0, 0.05) is 41.9 Å². The summed E-state index contributed by atoms with van der Waals surface area (Å²) in [6, 6.07) is 22.8. The summed E-state index contributed by atoms with van der Waals surface area (Å²) in [7, 11) is 0. The molecule has 8 rings (SSSR count). The van der Waals surface area contributed by atoms with E-state index in [0.717, 1.165) is 31.5 Å². The van der Waals surface area contributed by atoms with Crippen molar-refractivity contribution in [2.75, 3.05) is 18.0 Å². The first kappa shape index (κ1) is 37.4. The maximum atomic E-state index is 14.0. The Kier molecular flexibility index (Phi) is 10.5. The van der Waals surface area contributed by atoms with Gasteiger partial charge in [0.05, 0.1) is 27.9 Å². The Morgan fingerprint density at radius 3 is 1.96 bits per heavy atom. The summed E-state index contributed by atoms with van der Waals surface area (Å²) in [6.45, 7) is 6.91. The Labute approximate surface area is 317 Å². The molecule has 0 radical (unpaired) electrons. The lowest BCUT2D eigenvalue weighted by atomic mass is 9.98. The number of nitrogens with one attached hydrogen (secondary N) is 1. The van der Waals surface area contributed by atoms with Crippen LogP contribution in [0, 0.1) is 11.6 Å². The predicted octanol–water partition coefficient (Wildman–Crippen LogP) is 7.98. The smallest absolute Gasteiger partial charge is 0.407 e. The minimum absolute atomic E-state index is 0.0249. The number of phenols is 2. The van der Waals surface area contributed by atoms with Crippen LogP contribution in [0.2, 0.25) is 0 Å². The van der Waals surface area contributed by atoms with E-state index in [1.807, 2.05) is 32.9 Å². The van der Waals surface area contributed by atoms with Crippen LogP contribution >= 0.6 is 0 Å². The minimum Gasteiger partial charge on any atom is -0.507 e. The van der Waals surface area contributed by atoms with Crippen molar-refractivity contribution in [3.63, 3.8) is 0 Å². The van der Waals surface area contributed by atoms with Crippen LogP contribution in [0.4, 0.5) is 19.4 Å². The highest BCUT2D eigenvalue weighted by Gasteiger charge is 2.31. The maximum absolute atomic E-state index is 14.0. The molecule has 3 atom stereocenters. The van der Waals surface area contributed by atoms with Crippen LogP contribution in [0.15, 0.2) is 84.9 Å². The molecule has 1 aliphatic carbocycles. The van der Waals surface area contributed by atoms with Crippen LogP contribution in [-0.4, -0.2) is 67.0 Å². The first-order chi connectivity index (χ1) is 26.3. The van der Waals surface area contributed by atoms with E-state index in [4.69, 9.17) is 15.5 Å². The van der Waals surface area contributed by atoms with E-state index in [0.29, 0.717) is 63.4 Å². The number of phenolic OH excluding ortho intramolecular Hbond substituents is 2. The number of anilines is 1. The van der Waals surface area contributed by atoms with E-state index in [2.05, 4.69) is 25.2 Å². The zero-order valence-corrected chi connectivity index (χ0v) is 30.8. The lowest BCUT2D eigenvalue weighted by Gasteiger charge is -2.22. The van der Waals surface area contributed by atoms with Crippen LogP contribution in [0.1, 0.15) is 58.1 Å². The maximum Gasteiger partial charge on any atom is 0.407 e. The van der Waals surface area contributed by atoms with Gasteiger partial charge in [-0.05, 0) is 107 Å². The molecule has 1 saturated carbocycles. The number of hydrogen-bond acceptors (Lipinski definition) is 10. The number of ether oxygens (including phenoxy) is 1. The molecular weight excluding hydrogens is 705 g/mol. The molecule has 1 saturated heterocycles. The summed E-state index contributed by atoms with van der Waals surface area (Å²) in [5.41, 5.74) is 8.51. The molecule has 2 fully saturated rings. The number of rotatable bonds is 5. The van der Waals surface area contributed by atoms with Crippen molar-refractivity contribution in [3.8, 4) is 34.3 Å². The van der Waals surface area contributed by atoms with Crippen molar-refractivity contribution < 1.29 is 28.5 Å². The van der Waals surface area contributed by atoms with Crippen molar-refractivity contribution >= 4 is 33.7 Å². The predicted molar refractivity (Wildman–Crippen MR) is 208 cm³/mol. The molecule has 13 heteroatoms. The molecule has 0 bridgehead atoms. The Morgan fingerprint density at radius 2 is 1.38 bits per heavy atom. The fraction of sp³-hybridized carbons (Fsp3) is 0.310. The number of benzene rings is 4. The van der Waals surface area contributed by atoms with Gasteiger partial charge in [-0.2, -0.15) is 0 Å². The number of carbonyl (C=O) groups is 1. The van der Waals surface area contributed by atoms with E-state index in [1.165, 1.54) is 24.3 Å². The number of amides is 1. The monoisotopic (exact) mass is 747 g/mol. The van der Waals surface area contributed by atoms with Crippen molar-refractivity contribution in [1.29, 1.82) is 0 Å². The summed E-state index contributed by atoms with van der Waals surface area (Å²) in [5, 5.41) is 24.6. The topological polar surface area (TPSA) is 160 Å². The second-order valence-electron chi connectivity index (χ2n) is 15.0. The van der Waals surface area contributed by atoms with Crippen molar-refractivity contribution in [2.24, 2.45) is 5.73 Å². The first-order valence-corrected chi connectivity index (χ1v) is 18.3. The lowest BCUT2D eigenvalue weighted by Crippen LogP contribution is -2.37. The Hall–Kier alpha value is -5.95. The molecule has 1 aliphatic heterocycles. The number of carbonyl (C=O) groups excluding carboxylic acids is 1. The Morgan fingerprint density at radius 1 is 0.800 bits per heavy atom. The van der Waals surface area contributed by atoms with Crippen molar-refractivity contribution in [3.05, 3.63) is 102 Å². The zero-order valence-electron chi connectivity index (χ0n) is 30.8. The average molecular weight is 748 g/mol. The van der Waals surface area contributed by atoms with Gasteiger partial charge in [-0.1, -0.05) is 24.3 Å². The number of aromatic nitrogens is 4. The summed E-state index contributed by atoms with van der Waals surface area (Å²) in [6.07, 6.45) is 2.67. The summed E-state index contributed by atoms with van der Waals surface area (Å²) >= 11 is 0. The van der Waals surface area contributed by atoms with E-state index < -0.39 is 11.7 Å². The van der Waals surface area contributed by atoms with Crippen molar-refractivity contribution in [1.82, 2.24) is 25.3 Å². The molecule has 4 aromatic carbocycles. The molecule has 2 aliphatic rings. The van der Waals surface area contributed by atoms with Crippen LogP contribution in [0.3, 0.4) is 0 Å². The third kappa shape index (κ3) is 8.57. The fourth-order valence-corrected chi connectivity index (χ4v) is 7.14. The molecule has 6 aromatic rings. The second-order valence-corrected chi connectivity index (χ2v) is 15.0. The number of para-hydroxylation sites is 2. The molecule has 2 aromatic heterocycles. The van der Waals surface area contributed by atoms with Gasteiger partial charge < -0.3 is 30.9 Å². The quantitative estimate of drug-likeness (QED) is 0.136. The summed E-state index contributed by atoms with van der Waals surface area (Å²) < 4.78 is 33.1. The van der Waals surface area contributed by atoms with Crippen LogP contribution < -0.4 is 16.0 Å². The van der Waals surface area contributed by atoms with Gasteiger partial charge >= 0.3 is 6.09 Å². The normalized spacial score (nSPS) is 18.3. The van der Waals surface area contributed by atoms with Gasteiger partial charge in [-0.3, -0.25) is 0 Å². The SMILES string of the molecule is CC(C)(C)OC(=O)N[C@@H]1CCC(c2nc(-c3ccccc3O)nc3ccc(F)cc23)C1.N[C@@H]1CCN(c2nc(-c3ccccc3O)nc3ccc(F)cc23)C1. The summed E-state index contributed by atoms with van der Waals surface area (Å²) in [4.78, 5) is 32.6. The molecule has 3 heterocycles. The van der Waals surface area contributed by atoms with Gasteiger partial charge in [-0.15, -0.1) is 0 Å².